The molecule has 1 unspecified atom stereocenters. The maximum atomic E-state index is 13.0. The number of aryl methyl sites for hydroxylation is 1. The number of benzene rings is 1. The van der Waals surface area contributed by atoms with Crippen molar-refractivity contribution >= 4 is 17.1 Å². The van der Waals surface area contributed by atoms with Gasteiger partial charge in [0.15, 0.2) is 5.65 Å². The monoisotopic (exact) mass is 313 g/mol. The summed E-state index contributed by atoms with van der Waals surface area (Å²) in [7, 11) is 0. The average molecular weight is 313 g/mol. The van der Waals surface area contributed by atoms with Gasteiger partial charge in [-0.3, -0.25) is 4.57 Å². The number of hydrogen-bond donors (Lipinski definition) is 1. The van der Waals surface area contributed by atoms with Gasteiger partial charge in [-0.05, 0) is 43.2 Å². The average Bonchev–Trinajstić information content (AvgIpc) is 2.85. The lowest BCUT2D eigenvalue weighted by Crippen LogP contribution is -2.18. The Morgan fingerprint density at radius 3 is 2.70 bits per heavy atom. The largest absolute Gasteiger partial charge is 0.480 e. The lowest BCUT2D eigenvalue weighted by Gasteiger charge is -2.13. The number of nitrogens with zero attached hydrogens (tertiary/aromatic N) is 3. The third-order valence-corrected chi connectivity index (χ3v) is 3.76. The van der Waals surface area contributed by atoms with Crippen LogP contribution in [-0.4, -0.2) is 25.6 Å². The van der Waals surface area contributed by atoms with Gasteiger partial charge < -0.3 is 5.11 Å². The smallest absolute Gasteiger partial charge is 0.326 e. The second-order valence-corrected chi connectivity index (χ2v) is 5.57. The first-order valence-corrected chi connectivity index (χ1v) is 7.26. The van der Waals surface area contributed by atoms with Crippen molar-refractivity contribution in [1.29, 1.82) is 0 Å². The quantitative estimate of drug-likeness (QED) is 0.803. The fourth-order valence-corrected chi connectivity index (χ4v) is 2.56. The predicted molar refractivity (Wildman–Crippen MR) is 83.8 cm³/mol. The minimum Gasteiger partial charge on any atom is -0.480 e. The molecule has 3 rings (SSSR count). The summed E-state index contributed by atoms with van der Waals surface area (Å²) in [5.41, 5.74) is 3.02. The fraction of sp³-hybridized carbons (Fsp3) is 0.235. The summed E-state index contributed by atoms with van der Waals surface area (Å²) in [6.07, 6.45) is 2.10. The van der Waals surface area contributed by atoms with Crippen molar-refractivity contribution in [3.63, 3.8) is 0 Å². The van der Waals surface area contributed by atoms with Gasteiger partial charge in [-0.25, -0.2) is 19.2 Å². The maximum Gasteiger partial charge on any atom is 0.326 e. The van der Waals surface area contributed by atoms with Crippen LogP contribution in [0.15, 0.2) is 36.5 Å². The lowest BCUT2D eigenvalue weighted by molar-refractivity contribution is -0.140. The minimum atomic E-state index is -0.952. The zero-order valence-electron chi connectivity index (χ0n) is 12.8. The molecule has 0 spiro atoms. The van der Waals surface area contributed by atoms with Crippen LogP contribution in [0.2, 0.25) is 0 Å². The highest BCUT2D eigenvalue weighted by atomic mass is 19.1. The van der Waals surface area contributed by atoms with Crippen LogP contribution in [0.25, 0.3) is 11.2 Å². The van der Waals surface area contributed by atoms with E-state index in [9.17, 15) is 14.3 Å². The summed E-state index contributed by atoms with van der Waals surface area (Å²) in [5.74, 6) is -0.662. The Kier molecular flexibility index (Phi) is 3.82. The van der Waals surface area contributed by atoms with E-state index in [1.54, 1.807) is 29.8 Å². The van der Waals surface area contributed by atoms with Crippen LogP contribution in [-0.2, 0) is 11.2 Å². The first-order chi connectivity index (χ1) is 11.0. The molecule has 0 aliphatic rings. The number of carboxylic acids is 1. The van der Waals surface area contributed by atoms with Crippen LogP contribution in [0, 0.1) is 12.7 Å². The van der Waals surface area contributed by atoms with Gasteiger partial charge in [-0.2, -0.15) is 0 Å². The zero-order valence-corrected chi connectivity index (χ0v) is 12.8. The van der Waals surface area contributed by atoms with Gasteiger partial charge >= 0.3 is 5.97 Å². The number of carbonyl (C=O) groups is 1. The number of aliphatic carboxylic acids is 1. The molecule has 2 heterocycles. The summed E-state index contributed by atoms with van der Waals surface area (Å²) in [6, 6.07) is 7.19. The molecule has 3 aromatic rings. The highest BCUT2D eigenvalue weighted by molar-refractivity contribution is 5.78. The van der Waals surface area contributed by atoms with E-state index < -0.39 is 12.0 Å². The zero-order chi connectivity index (χ0) is 16.6. The topological polar surface area (TPSA) is 68.0 Å². The Balaban J connectivity index is 2.12. The molecule has 23 heavy (non-hydrogen) atoms. The molecule has 2 aromatic heterocycles. The molecule has 0 amide bonds. The van der Waals surface area contributed by atoms with Crippen molar-refractivity contribution < 1.29 is 14.3 Å². The Hall–Kier alpha value is -2.76. The molecule has 0 aliphatic heterocycles. The second kappa shape index (κ2) is 5.79. The number of fused-ring (bicyclic) bond motifs is 1. The number of rotatable bonds is 4. The van der Waals surface area contributed by atoms with Crippen molar-refractivity contribution in [2.45, 2.75) is 26.3 Å². The first-order valence-electron chi connectivity index (χ1n) is 7.26. The highest BCUT2D eigenvalue weighted by Crippen LogP contribution is 2.22. The van der Waals surface area contributed by atoms with Crippen molar-refractivity contribution in [3.8, 4) is 0 Å². The minimum absolute atomic E-state index is 0.307. The van der Waals surface area contributed by atoms with Gasteiger partial charge in [0, 0.05) is 12.6 Å². The van der Waals surface area contributed by atoms with Gasteiger partial charge in [0.05, 0.1) is 0 Å². The van der Waals surface area contributed by atoms with E-state index in [4.69, 9.17) is 0 Å². The molecule has 6 heteroatoms. The van der Waals surface area contributed by atoms with Crippen molar-refractivity contribution in [3.05, 3.63) is 59.3 Å². The van der Waals surface area contributed by atoms with Crippen molar-refractivity contribution in [2.24, 2.45) is 0 Å². The molecule has 0 bridgehead atoms. The van der Waals surface area contributed by atoms with Gasteiger partial charge in [0.25, 0.3) is 0 Å². The SMILES string of the molecule is Cc1cnc2c(c1)nc(Cc1ccc(F)cc1)n2C(C)C(=O)O. The lowest BCUT2D eigenvalue weighted by atomic mass is 10.1. The Morgan fingerprint density at radius 1 is 1.35 bits per heavy atom. The van der Waals surface area contributed by atoms with Crippen LogP contribution < -0.4 is 0 Å². The molecule has 1 N–H and O–H groups in total. The van der Waals surface area contributed by atoms with E-state index in [0.717, 1.165) is 11.1 Å². The predicted octanol–water partition coefficient (Wildman–Crippen LogP) is 3.12. The van der Waals surface area contributed by atoms with Gasteiger partial charge in [-0.15, -0.1) is 0 Å². The second-order valence-electron chi connectivity index (χ2n) is 5.57. The third kappa shape index (κ3) is 2.92. The molecule has 1 aromatic carbocycles. The molecule has 0 saturated heterocycles. The summed E-state index contributed by atoms with van der Waals surface area (Å²) in [6.45, 7) is 3.50. The number of carboxylic acid groups (broad SMARTS) is 1. The van der Waals surface area contributed by atoms with E-state index in [-0.39, 0.29) is 5.82 Å². The molecule has 0 aliphatic carbocycles. The molecule has 0 fully saturated rings. The molecule has 5 nitrogen and oxygen atoms in total. The molecule has 118 valence electrons. The number of hydrogen-bond acceptors (Lipinski definition) is 3. The van der Waals surface area contributed by atoms with Crippen molar-refractivity contribution in [1.82, 2.24) is 14.5 Å². The molecule has 0 saturated carbocycles. The van der Waals surface area contributed by atoms with E-state index in [1.165, 1.54) is 12.1 Å². The fourth-order valence-electron chi connectivity index (χ4n) is 2.56. The number of aromatic nitrogens is 3. The van der Waals surface area contributed by atoms with Crippen LogP contribution >= 0.6 is 0 Å². The van der Waals surface area contributed by atoms with Crippen LogP contribution in [0.3, 0.4) is 0 Å². The van der Waals surface area contributed by atoms with Gasteiger partial charge in [0.2, 0.25) is 0 Å². The van der Waals surface area contributed by atoms with Crippen LogP contribution in [0.1, 0.15) is 29.9 Å². The number of halogens is 1. The molecular weight excluding hydrogens is 297 g/mol. The Bertz CT molecular complexity index is 871. The normalized spacial score (nSPS) is 12.5. The first kappa shape index (κ1) is 15.1. The van der Waals surface area contributed by atoms with E-state index in [2.05, 4.69) is 9.97 Å². The van der Waals surface area contributed by atoms with E-state index >= 15 is 0 Å². The third-order valence-electron chi connectivity index (χ3n) is 3.76. The molecule has 0 radical (unpaired) electrons. The number of pyridine rings is 1. The van der Waals surface area contributed by atoms with E-state index in [0.29, 0.717) is 23.4 Å². The Morgan fingerprint density at radius 2 is 2.04 bits per heavy atom. The maximum absolute atomic E-state index is 13.0. The number of imidazole rings is 1. The van der Waals surface area contributed by atoms with Gasteiger partial charge in [0.1, 0.15) is 23.2 Å². The Labute approximate surface area is 132 Å². The molecule has 1 atom stereocenters. The summed E-state index contributed by atoms with van der Waals surface area (Å²) >= 11 is 0. The summed E-state index contributed by atoms with van der Waals surface area (Å²) < 4.78 is 14.7. The van der Waals surface area contributed by atoms with E-state index in [1.807, 2.05) is 13.0 Å². The van der Waals surface area contributed by atoms with Crippen LogP contribution in [0.5, 0.6) is 0 Å². The summed E-state index contributed by atoms with van der Waals surface area (Å²) in [5, 5.41) is 9.37. The highest BCUT2D eigenvalue weighted by Gasteiger charge is 2.22. The van der Waals surface area contributed by atoms with Crippen LogP contribution in [0.4, 0.5) is 4.39 Å². The standard InChI is InChI=1S/C17H16FN3O2/c1-10-7-14-16(19-9-10)21(11(2)17(22)23)15(20-14)8-12-3-5-13(18)6-4-12/h3-7,9,11H,8H2,1-2H3,(H,22,23). The van der Waals surface area contributed by atoms with Gasteiger partial charge in [-0.1, -0.05) is 12.1 Å². The summed E-state index contributed by atoms with van der Waals surface area (Å²) in [4.78, 5) is 20.3. The molecular formula is C17H16FN3O2. The van der Waals surface area contributed by atoms with Crippen molar-refractivity contribution in [2.75, 3.05) is 0 Å².